The normalized spacial score (nSPS) is 50.7. The topological polar surface area (TPSA) is 20.2 Å². The lowest BCUT2D eigenvalue weighted by Crippen LogP contribution is -2.57. The van der Waals surface area contributed by atoms with Crippen LogP contribution in [0, 0.1) is 52.3 Å². The van der Waals surface area contributed by atoms with Crippen LogP contribution in [-0.2, 0) is 0 Å². The summed E-state index contributed by atoms with van der Waals surface area (Å²) in [6.45, 7) is 12.2. The number of rotatable bonds is 5. The minimum Gasteiger partial charge on any atom is -0.393 e. The zero-order valence-corrected chi connectivity index (χ0v) is 19.8. The van der Waals surface area contributed by atoms with Crippen LogP contribution < -0.4 is 0 Å². The van der Waals surface area contributed by atoms with Crippen LogP contribution >= 0.6 is 0 Å². The molecular formula is C27H47FO. The molecule has 4 unspecified atom stereocenters. The van der Waals surface area contributed by atoms with Gasteiger partial charge in [0.25, 0.3) is 0 Å². The molecule has 4 saturated carbocycles. The zero-order chi connectivity index (χ0) is 21.0. The van der Waals surface area contributed by atoms with Crippen LogP contribution in [0.3, 0.4) is 0 Å². The van der Waals surface area contributed by atoms with E-state index in [1.807, 2.05) is 0 Å². The maximum atomic E-state index is 15.7. The van der Waals surface area contributed by atoms with Gasteiger partial charge in [-0.05, 0) is 104 Å². The standard InChI is InChI=1S/C27H47FO/c1-17(2)7-6-8-18(3)21-9-10-22-25-23(12-14-27(21,22)5)26(4)13-11-20(29)15-19(26)16-24(25)28/h17-25,29H,6-16H2,1-5H3/t18-,19?,20+,21-,22?,23?,24-,25?,26+,27-/m1/s1. The highest BCUT2D eigenvalue weighted by Crippen LogP contribution is 2.68. The summed E-state index contributed by atoms with van der Waals surface area (Å²) in [5, 5.41) is 10.2. The van der Waals surface area contributed by atoms with Gasteiger partial charge in [0.2, 0.25) is 0 Å². The summed E-state index contributed by atoms with van der Waals surface area (Å²) < 4.78 is 15.7. The maximum Gasteiger partial charge on any atom is 0.104 e. The largest absolute Gasteiger partial charge is 0.393 e. The molecular weight excluding hydrogens is 359 g/mol. The average Bonchev–Trinajstić information content (AvgIpc) is 3.00. The molecule has 4 rings (SSSR count). The summed E-state index contributed by atoms with van der Waals surface area (Å²) in [5.74, 6) is 4.23. The molecule has 0 heterocycles. The van der Waals surface area contributed by atoms with Crippen molar-refractivity contribution in [3.63, 3.8) is 0 Å². The van der Waals surface area contributed by atoms with Crippen molar-refractivity contribution < 1.29 is 9.50 Å². The molecule has 2 heteroatoms. The highest BCUT2D eigenvalue weighted by atomic mass is 19.1. The van der Waals surface area contributed by atoms with Crippen molar-refractivity contribution in [1.82, 2.24) is 0 Å². The Morgan fingerprint density at radius 3 is 2.31 bits per heavy atom. The van der Waals surface area contributed by atoms with Gasteiger partial charge in [0.1, 0.15) is 6.17 Å². The monoisotopic (exact) mass is 406 g/mol. The van der Waals surface area contributed by atoms with Crippen LogP contribution in [0.2, 0.25) is 0 Å². The lowest BCUT2D eigenvalue weighted by atomic mass is 9.44. The number of aliphatic hydroxyl groups excluding tert-OH is 1. The van der Waals surface area contributed by atoms with E-state index in [-0.39, 0.29) is 17.4 Å². The summed E-state index contributed by atoms with van der Waals surface area (Å²) in [4.78, 5) is 0. The van der Waals surface area contributed by atoms with Crippen molar-refractivity contribution >= 4 is 0 Å². The van der Waals surface area contributed by atoms with Gasteiger partial charge >= 0.3 is 0 Å². The third kappa shape index (κ3) is 3.72. The van der Waals surface area contributed by atoms with E-state index in [0.717, 1.165) is 43.4 Å². The molecule has 0 amide bonds. The quantitative estimate of drug-likeness (QED) is 0.504. The summed E-state index contributed by atoms with van der Waals surface area (Å²) in [6.07, 6.45) is 12.0. The second kappa shape index (κ2) is 8.10. The van der Waals surface area contributed by atoms with Crippen molar-refractivity contribution in [2.24, 2.45) is 52.3 Å². The lowest BCUT2D eigenvalue weighted by molar-refractivity contribution is -0.157. The Labute approximate surface area is 179 Å². The molecule has 168 valence electrons. The second-order valence-corrected chi connectivity index (χ2v) is 12.7. The molecule has 0 bridgehead atoms. The van der Waals surface area contributed by atoms with Gasteiger partial charge in [0.05, 0.1) is 6.10 Å². The number of aliphatic hydroxyl groups is 1. The SMILES string of the molecule is CC(C)CCC[C@@H](C)[C@H]1CCC2C3C(CC[C@@]21C)[C@@]1(C)CC[C@H](O)CC1C[C@H]3F. The van der Waals surface area contributed by atoms with Gasteiger partial charge in [-0.3, -0.25) is 0 Å². The first kappa shape index (κ1) is 22.1. The Hall–Kier alpha value is -0.110. The number of hydrogen-bond donors (Lipinski definition) is 1. The Morgan fingerprint density at radius 2 is 1.59 bits per heavy atom. The van der Waals surface area contributed by atoms with Crippen molar-refractivity contribution in [3.05, 3.63) is 0 Å². The highest BCUT2D eigenvalue weighted by Gasteiger charge is 2.63. The van der Waals surface area contributed by atoms with Crippen LogP contribution in [-0.4, -0.2) is 17.4 Å². The first-order valence-electron chi connectivity index (χ1n) is 13.0. The molecule has 1 N–H and O–H groups in total. The predicted molar refractivity (Wildman–Crippen MR) is 119 cm³/mol. The minimum absolute atomic E-state index is 0.187. The predicted octanol–water partition coefficient (Wildman–Crippen LogP) is 7.42. The van der Waals surface area contributed by atoms with E-state index >= 15 is 4.39 Å². The Morgan fingerprint density at radius 1 is 0.897 bits per heavy atom. The Bertz CT molecular complexity index is 575. The van der Waals surface area contributed by atoms with Gasteiger partial charge in [-0.1, -0.05) is 53.9 Å². The molecule has 0 spiro atoms. The van der Waals surface area contributed by atoms with Gasteiger partial charge in [-0.15, -0.1) is 0 Å². The van der Waals surface area contributed by atoms with E-state index in [1.54, 1.807) is 0 Å². The molecule has 4 aliphatic rings. The molecule has 4 fully saturated rings. The third-order valence-corrected chi connectivity index (χ3v) is 10.8. The molecule has 0 aromatic heterocycles. The zero-order valence-electron chi connectivity index (χ0n) is 19.8. The number of halogens is 1. The average molecular weight is 407 g/mol. The lowest BCUT2D eigenvalue weighted by Gasteiger charge is -2.62. The summed E-state index contributed by atoms with van der Waals surface area (Å²) in [6, 6.07) is 0. The van der Waals surface area contributed by atoms with Crippen LogP contribution in [0.4, 0.5) is 4.39 Å². The molecule has 0 aromatic carbocycles. The van der Waals surface area contributed by atoms with Gasteiger partial charge in [0.15, 0.2) is 0 Å². The molecule has 1 nitrogen and oxygen atoms in total. The summed E-state index contributed by atoms with van der Waals surface area (Å²) >= 11 is 0. The van der Waals surface area contributed by atoms with Crippen LogP contribution in [0.1, 0.15) is 105 Å². The number of alkyl halides is 1. The molecule has 10 atom stereocenters. The minimum atomic E-state index is -0.636. The molecule has 0 aromatic rings. The van der Waals surface area contributed by atoms with E-state index < -0.39 is 6.17 Å². The molecule has 0 radical (unpaired) electrons. The first-order valence-corrected chi connectivity index (χ1v) is 13.0. The van der Waals surface area contributed by atoms with Crippen molar-refractivity contribution in [2.75, 3.05) is 0 Å². The van der Waals surface area contributed by atoms with Crippen LogP contribution in [0.15, 0.2) is 0 Å². The highest BCUT2D eigenvalue weighted by molar-refractivity contribution is 5.11. The van der Waals surface area contributed by atoms with Gasteiger partial charge in [0, 0.05) is 0 Å². The van der Waals surface area contributed by atoms with Gasteiger partial charge in [-0.25, -0.2) is 4.39 Å². The Kier molecular flexibility index (Phi) is 6.17. The first-order chi connectivity index (χ1) is 13.7. The summed E-state index contributed by atoms with van der Waals surface area (Å²) in [7, 11) is 0. The van der Waals surface area contributed by atoms with Crippen molar-refractivity contribution in [1.29, 1.82) is 0 Å². The third-order valence-electron chi connectivity index (χ3n) is 10.8. The van der Waals surface area contributed by atoms with Crippen molar-refractivity contribution in [2.45, 2.75) is 118 Å². The van der Waals surface area contributed by atoms with Crippen molar-refractivity contribution in [3.8, 4) is 0 Å². The van der Waals surface area contributed by atoms with Gasteiger partial charge < -0.3 is 5.11 Å². The summed E-state index contributed by atoms with van der Waals surface area (Å²) in [5.41, 5.74) is 0.634. The van der Waals surface area contributed by atoms with E-state index in [2.05, 4.69) is 34.6 Å². The van der Waals surface area contributed by atoms with Crippen LogP contribution in [0.25, 0.3) is 0 Å². The van der Waals surface area contributed by atoms with E-state index in [9.17, 15) is 5.11 Å². The fraction of sp³-hybridized carbons (Fsp3) is 1.00. The van der Waals surface area contributed by atoms with Gasteiger partial charge in [-0.2, -0.15) is 0 Å². The molecule has 29 heavy (non-hydrogen) atoms. The maximum absolute atomic E-state index is 15.7. The Balaban J connectivity index is 1.50. The molecule has 0 saturated heterocycles. The molecule has 4 aliphatic carbocycles. The van der Waals surface area contributed by atoms with E-state index in [4.69, 9.17) is 0 Å². The smallest absolute Gasteiger partial charge is 0.104 e. The van der Waals surface area contributed by atoms with E-state index in [0.29, 0.717) is 23.2 Å². The fourth-order valence-electron chi connectivity index (χ4n) is 9.17. The second-order valence-electron chi connectivity index (χ2n) is 12.7. The van der Waals surface area contributed by atoms with Crippen LogP contribution in [0.5, 0.6) is 0 Å². The van der Waals surface area contributed by atoms with E-state index in [1.165, 1.54) is 44.9 Å². The number of fused-ring (bicyclic) bond motifs is 5. The molecule has 0 aliphatic heterocycles. The fourth-order valence-corrected chi connectivity index (χ4v) is 9.17. The number of hydrogen-bond acceptors (Lipinski definition) is 1.